The van der Waals surface area contributed by atoms with Crippen molar-refractivity contribution in [1.29, 1.82) is 0 Å². The van der Waals surface area contributed by atoms with Crippen molar-refractivity contribution < 1.29 is 32.9 Å². The molecule has 346 valence electrons. The van der Waals surface area contributed by atoms with Crippen molar-refractivity contribution in [2.45, 2.75) is 225 Å². The highest BCUT2D eigenvalue weighted by Gasteiger charge is 2.28. The molecule has 0 saturated heterocycles. The summed E-state index contributed by atoms with van der Waals surface area (Å²) < 4.78 is 23.4. The molecule has 0 aromatic carbocycles. The van der Waals surface area contributed by atoms with E-state index < -0.39 is 20.0 Å². The smallest absolute Gasteiger partial charge is 0.391 e. The van der Waals surface area contributed by atoms with Gasteiger partial charge in [0.05, 0.1) is 39.9 Å². The number of hydrogen-bond acceptors (Lipinski definition) is 5. The number of phosphoric ester groups is 1. The van der Waals surface area contributed by atoms with E-state index in [1.165, 1.54) is 116 Å². The third kappa shape index (κ3) is 44.3. The van der Waals surface area contributed by atoms with Gasteiger partial charge in [-0.2, -0.15) is 0 Å². The van der Waals surface area contributed by atoms with Crippen molar-refractivity contribution >= 4 is 13.7 Å². The minimum absolute atomic E-state index is 0.0738. The normalized spacial score (nSPS) is 14.6. The summed E-state index contributed by atoms with van der Waals surface area (Å²) in [5.74, 6) is -0.152. The predicted molar refractivity (Wildman–Crippen MR) is 254 cm³/mol. The quantitative estimate of drug-likeness (QED) is 0.0244. The number of phosphoric acid groups is 1. The van der Waals surface area contributed by atoms with Gasteiger partial charge in [-0.05, 0) is 51.4 Å². The minimum Gasteiger partial charge on any atom is -0.391 e. The molecule has 8 nitrogen and oxygen atoms in total. The number of unbranched alkanes of at least 4 members (excludes halogenated alkanes) is 23. The van der Waals surface area contributed by atoms with Crippen molar-refractivity contribution in [2.75, 3.05) is 40.9 Å². The molecule has 3 atom stereocenters. The number of likely N-dealkylation sites (N-methyl/N-ethyl adjacent to an activating group) is 1. The molecule has 0 radical (unpaired) electrons. The van der Waals surface area contributed by atoms with Gasteiger partial charge < -0.3 is 19.8 Å². The Hall–Kier alpha value is -1.54. The summed E-state index contributed by atoms with van der Waals surface area (Å²) in [4.78, 5) is 22.9. The van der Waals surface area contributed by atoms with E-state index in [2.05, 4.69) is 67.8 Å². The molecule has 1 amide bonds. The molecule has 0 aliphatic heterocycles. The summed E-state index contributed by atoms with van der Waals surface area (Å²) in [5, 5.41) is 13.7. The third-order valence-electron chi connectivity index (χ3n) is 10.8. The Kier molecular flexibility index (Phi) is 40.7. The molecule has 0 bridgehead atoms. The van der Waals surface area contributed by atoms with Gasteiger partial charge in [0.25, 0.3) is 0 Å². The second-order valence-electron chi connectivity index (χ2n) is 17.8. The molecule has 3 N–H and O–H groups in total. The van der Waals surface area contributed by atoms with E-state index in [1.807, 2.05) is 21.1 Å². The van der Waals surface area contributed by atoms with Gasteiger partial charge in [-0.25, -0.2) is 4.57 Å². The number of allylic oxidation sites excluding steroid dienone is 8. The fourth-order valence-corrected chi connectivity index (χ4v) is 7.71. The maximum absolute atomic E-state index is 12.8. The van der Waals surface area contributed by atoms with E-state index in [0.29, 0.717) is 23.9 Å². The summed E-state index contributed by atoms with van der Waals surface area (Å²) in [5.41, 5.74) is 0. The highest BCUT2D eigenvalue weighted by molar-refractivity contribution is 7.47. The SMILES string of the molecule is CC/C=C\C/C=C\C/C=C\C/C=C\CCCCCCCCCCCCCCCCCCCCCCC(=O)NC(COP(=O)(O)OCC[N+](C)(C)C)C(O)CCCCCC. The van der Waals surface area contributed by atoms with E-state index in [0.717, 1.165) is 70.6 Å². The molecule has 0 aliphatic carbocycles. The van der Waals surface area contributed by atoms with Crippen LogP contribution in [0, 0.1) is 0 Å². The largest absolute Gasteiger partial charge is 0.472 e. The first-order chi connectivity index (χ1) is 28.5. The Morgan fingerprint density at radius 3 is 1.47 bits per heavy atom. The fraction of sp³-hybridized carbons (Fsp3) is 0.820. The van der Waals surface area contributed by atoms with Crippen LogP contribution < -0.4 is 5.32 Å². The second-order valence-corrected chi connectivity index (χ2v) is 19.3. The lowest BCUT2D eigenvalue weighted by molar-refractivity contribution is -0.870. The van der Waals surface area contributed by atoms with Crippen LogP contribution in [0.3, 0.4) is 0 Å². The van der Waals surface area contributed by atoms with Crippen molar-refractivity contribution in [3.63, 3.8) is 0 Å². The van der Waals surface area contributed by atoms with Gasteiger partial charge in [0, 0.05) is 6.42 Å². The van der Waals surface area contributed by atoms with Gasteiger partial charge in [-0.1, -0.05) is 204 Å². The number of carbonyl (C=O) groups excluding carboxylic acids is 1. The Bertz CT molecular complexity index is 1100. The van der Waals surface area contributed by atoms with E-state index in [1.54, 1.807) is 0 Å². The number of nitrogens with zero attached hydrogens (tertiary/aromatic N) is 1. The van der Waals surface area contributed by atoms with Crippen LogP contribution in [-0.4, -0.2) is 73.4 Å². The van der Waals surface area contributed by atoms with Crippen molar-refractivity contribution in [2.24, 2.45) is 0 Å². The van der Waals surface area contributed by atoms with Gasteiger partial charge in [0.2, 0.25) is 5.91 Å². The lowest BCUT2D eigenvalue weighted by Gasteiger charge is -2.26. The number of hydrogen-bond donors (Lipinski definition) is 3. The van der Waals surface area contributed by atoms with E-state index in [4.69, 9.17) is 9.05 Å². The van der Waals surface area contributed by atoms with Crippen LogP contribution in [0.2, 0.25) is 0 Å². The van der Waals surface area contributed by atoms with Gasteiger partial charge in [0.1, 0.15) is 13.2 Å². The Balaban J connectivity index is 3.76. The first-order valence-corrected chi connectivity index (χ1v) is 26.0. The molecular formula is C50H96N2O6P+. The minimum atomic E-state index is -4.29. The standard InChI is InChI=1S/C50H95N2O6P/c1-6-8-10-12-13-14-15-16-17-18-19-20-21-22-23-24-25-26-27-28-29-30-31-32-33-34-35-36-37-38-39-40-42-44-50(54)51-48(49(53)43-41-11-9-7-2)47-58-59(55,56)57-46-45-52(3,4)5/h8,10,13-14,16-17,19-20,48-49,53H,6-7,9,11-12,15,18,21-47H2,1-5H3,(H-,51,54,55,56)/p+1/b10-8-,14-13-,17-16-,20-19-. The number of quaternary nitrogens is 1. The van der Waals surface area contributed by atoms with Crippen LogP contribution in [-0.2, 0) is 18.4 Å². The van der Waals surface area contributed by atoms with E-state index in [9.17, 15) is 19.4 Å². The monoisotopic (exact) mass is 852 g/mol. The summed E-state index contributed by atoms with van der Waals surface area (Å²) in [7, 11) is 1.61. The van der Waals surface area contributed by atoms with Crippen LogP contribution in [0.4, 0.5) is 0 Å². The molecule has 0 aliphatic rings. The molecule has 0 fully saturated rings. The van der Waals surface area contributed by atoms with Crippen molar-refractivity contribution in [3.05, 3.63) is 48.6 Å². The van der Waals surface area contributed by atoms with Gasteiger partial charge >= 0.3 is 7.82 Å². The zero-order valence-corrected chi connectivity index (χ0v) is 40.1. The highest BCUT2D eigenvalue weighted by atomic mass is 31.2. The van der Waals surface area contributed by atoms with Crippen LogP contribution in [0.1, 0.15) is 213 Å². The number of rotatable bonds is 44. The summed E-state index contributed by atoms with van der Waals surface area (Å²) in [6.07, 6.45) is 53.8. The fourth-order valence-electron chi connectivity index (χ4n) is 6.98. The lowest BCUT2D eigenvalue weighted by atomic mass is 10.0. The average molecular weight is 852 g/mol. The van der Waals surface area contributed by atoms with Crippen LogP contribution >= 0.6 is 7.82 Å². The molecule has 0 saturated carbocycles. The second kappa shape index (κ2) is 41.8. The Morgan fingerprint density at radius 2 is 1.02 bits per heavy atom. The average Bonchev–Trinajstić information content (AvgIpc) is 3.19. The third-order valence-corrected chi connectivity index (χ3v) is 11.8. The van der Waals surface area contributed by atoms with E-state index >= 15 is 0 Å². The molecule has 0 aromatic rings. The van der Waals surface area contributed by atoms with Gasteiger partial charge in [0.15, 0.2) is 0 Å². The first kappa shape index (κ1) is 57.5. The molecule has 3 unspecified atom stereocenters. The molecule has 0 heterocycles. The molecule has 59 heavy (non-hydrogen) atoms. The first-order valence-electron chi connectivity index (χ1n) is 24.5. The highest BCUT2D eigenvalue weighted by Crippen LogP contribution is 2.43. The van der Waals surface area contributed by atoms with Crippen LogP contribution in [0.25, 0.3) is 0 Å². The van der Waals surface area contributed by atoms with Crippen LogP contribution in [0.15, 0.2) is 48.6 Å². The van der Waals surface area contributed by atoms with Gasteiger partial charge in [-0.3, -0.25) is 13.8 Å². The van der Waals surface area contributed by atoms with Crippen molar-refractivity contribution in [1.82, 2.24) is 5.32 Å². The maximum Gasteiger partial charge on any atom is 0.472 e. The van der Waals surface area contributed by atoms with Gasteiger partial charge in [-0.15, -0.1) is 0 Å². The molecular weight excluding hydrogens is 756 g/mol. The number of amides is 1. The lowest BCUT2D eigenvalue weighted by Crippen LogP contribution is -2.46. The van der Waals surface area contributed by atoms with Crippen LogP contribution in [0.5, 0.6) is 0 Å². The topological polar surface area (TPSA) is 105 Å². The number of carbonyl (C=O) groups is 1. The predicted octanol–water partition coefficient (Wildman–Crippen LogP) is 14.0. The molecule has 9 heteroatoms. The molecule has 0 spiro atoms. The summed E-state index contributed by atoms with van der Waals surface area (Å²) >= 11 is 0. The zero-order valence-electron chi connectivity index (χ0n) is 39.2. The number of nitrogens with one attached hydrogen (secondary N) is 1. The zero-order chi connectivity index (χ0) is 43.6. The van der Waals surface area contributed by atoms with Crippen molar-refractivity contribution in [3.8, 4) is 0 Å². The Labute approximate surface area is 365 Å². The number of aliphatic hydroxyl groups is 1. The molecule has 0 rings (SSSR count). The number of aliphatic hydroxyl groups excluding tert-OH is 1. The molecule has 0 aromatic heterocycles. The Morgan fingerprint density at radius 1 is 0.593 bits per heavy atom. The maximum atomic E-state index is 12.8. The van der Waals surface area contributed by atoms with E-state index in [-0.39, 0.29) is 19.1 Å². The summed E-state index contributed by atoms with van der Waals surface area (Å²) in [6.45, 7) is 4.65. The summed E-state index contributed by atoms with van der Waals surface area (Å²) in [6, 6.07) is -0.754.